The highest BCUT2D eigenvalue weighted by molar-refractivity contribution is 5.42. The lowest BCUT2D eigenvalue weighted by Gasteiger charge is -2.11. The molecule has 0 unspecified atom stereocenters. The van der Waals surface area contributed by atoms with E-state index in [2.05, 4.69) is 41.2 Å². The predicted molar refractivity (Wildman–Crippen MR) is 108 cm³/mol. The number of anilines is 1. The van der Waals surface area contributed by atoms with Crippen LogP contribution >= 0.6 is 0 Å². The summed E-state index contributed by atoms with van der Waals surface area (Å²) >= 11 is 0. The SMILES string of the molecule is Cc1nn(C(C)C)c(C)c1CNc1nc2c(c(=O)[nH]1)Cc1ccccc1OC2. The fraction of sp³-hybridized carbons (Fsp3) is 0.381. The van der Waals surface area contributed by atoms with Crippen LogP contribution in [0.3, 0.4) is 0 Å². The van der Waals surface area contributed by atoms with Gasteiger partial charge in [0.25, 0.3) is 5.56 Å². The van der Waals surface area contributed by atoms with E-state index < -0.39 is 0 Å². The van der Waals surface area contributed by atoms with Gasteiger partial charge in [0.15, 0.2) is 0 Å². The van der Waals surface area contributed by atoms with Gasteiger partial charge >= 0.3 is 0 Å². The fourth-order valence-corrected chi connectivity index (χ4v) is 3.68. The number of ether oxygens (including phenoxy) is 1. The molecule has 0 amide bonds. The normalized spacial score (nSPS) is 12.9. The molecular formula is C21H25N5O2. The van der Waals surface area contributed by atoms with Gasteiger partial charge in [-0.3, -0.25) is 14.5 Å². The monoisotopic (exact) mass is 379 g/mol. The highest BCUT2D eigenvalue weighted by Crippen LogP contribution is 2.26. The largest absolute Gasteiger partial charge is 0.487 e. The van der Waals surface area contributed by atoms with Crippen LogP contribution in [0, 0.1) is 13.8 Å². The number of aromatic nitrogens is 4. The Morgan fingerprint density at radius 2 is 2.07 bits per heavy atom. The van der Waals surface area contributed by atoms with Crippen molar-refractivity contribution in [2.24, 2.45) is 0 Å². The Bertz CT molecular complexity index is 1080. The van der Waals surface area contributed by atoms with Crippen LogP contribution in [0.5, 0.6) is 5.75 Å². The molecule has 3 aromatic rings. The summed E-state index contributed by atoms with van der Waals surface area (Å²) in [4.78, 5) is 20.2. The number of H-pyrrole nitrogens is 1. The van der Waals surface area contributed by atoms with E-state index in [0.29, 0.717) is 36.2 Å². The maximum Gasteiger partial charge on any atom is 0.256 e. The van der Waals surface area contributed by atoms with Gasteiger partial charge in [-0.25, -0.2) is 4.98 Å². The summed E-state index contributed by atoms with van der Waals surface area (Å²) in [7, 11) is 0. The number of hydrogen-bond acceptors (Lipinski definition) is 5. The van der Waals surface area contributed by atoms with Crippen LogP contribution in [0.1, 0.15) is 53.7 Å². The van der Waals surface area contributed by atoms with Crippen molar-refractivity contribution >= 4 is 5.95 Å². The van der Waals surface area contributed by atoms with Gasteiger partial charge in [0.2, 0.25) is 5.95 Å². The molecule has 3 heterocycles. The highest BCUT2D eigenvalue weighted by atomic mass is 16.5. The van der Waals surface area contributed by atoms with E-state index in [1.54, 1.807) is 0 Å². The Morgan fingerprint density at radius 3 is 2.82 bits per heavy atom. The molecule has 7 heteroatoms. The lowest BCUT2D eigenvalue weighted by atomic mass is 10.1. The molecule has 4 rings (SSSR count). The van der Waals surface area contributed by atoms with Crippen LogP contribution in [-0.4, -0.2) is 19.7 Å². The van der Waals surface area contributed by atoms with E-state index in [0.717, 1.165) is 28.3 Å². The highest BCUT2D eigenvalue weighted by Gasteiger charge is 2.19. The van der Waals surface area contributed by atoms with Gasteiger partial charge in [0, 0.05) is 35.8 Å². The van der Waals surface area contributed by atoms with E-state index >= 15 is 0 Å². The Kier molecular flexibility index (Phi) is 4.66. The Labute approximate surface area is 163 Å². The molecule has 28 heavy (non-hydrogen) atoms. The van der Waals surface area contributed by atoms with Crippen LogP contribution in [0.2, 0.25) is 0 Å². The second kappa shape index (κ2) is 7.14. The number of nitrogens with zero attached hydrogens (tertiary/aromatic N) is 3. The molecule has 0 aliphatic carbocycles. The van der Waals surface area contributed by atoms with Crippen molar-refractivity contribution in [2.75, 3.05) is 5.32 Å². The van der Waals surface area contributed by atoms with Gasteiger partial charge in [0.1, 0.15) is 12.4 Å². The molecule has 146 valence electrons. The van der Waals surface area contributed by atoms with Gasteiger partial charge in [0.05, 0.1) is 11.4 Å². The molecule has 0 saturated heterocycles. The van der Waals surface area contributed by atoms with E-state index in [-0.39, 0.29) is 12.2 Å². The summed E-state index contributed by atoms with van der Waals surface area (Å²) in [5.41, 5.74) is 5.44. The quantitative estimate of drug-likeness (QED) is 0.727. The zero-order valence-corrected chi connectivity index (χ0v) is 16.7. The summed E-state index contributed by atoms with van der Waals surface area (Å²) in [6.07, 6.45) is 0.521. The number of rotatable bonds is 4. The number of aryl methyl sites for hydroxylation is 1. The van der Waals surface area contributed by atoms with Crippen molar-refractivity contribution in [3.05, 3.63) is 68.4 Å². The first-order chi connectivity index (χ1) is 13.4. The minimum Gasteiger partial charge on any atom is -0.487 e. The summed E-state index contributed by atoms with van der Waals surface area (Å²) in [5.74, 6) is 1.26. The zero-order valence-electron chi connectivity index (χ0n) is 16.7. The van der Waals surface area contributed by atoms with Crippen LogP contribution in [0.4, 0.5) is 5.95 Å². The molecule has 0 bridgehead atoms. The summed E-state index contributed by atoms with van der Waals surface area (Å²) < 4.78 is 7.88. The lowest BCUT2D eigenvalue weighted by molar-refractivity contribution is 0.302. The van der Waals surface area contributed by atoms with E-state index in [1.807, 2.05) is 35.9 Å². The predicted octanol–water partition coefficient (Wildman–Crippen LogP) is 3.26. The molecule has 0 atom stereocenters. The van der Waals surface area contributed by atoms with Gasteiger partial charge < -0.3 is 10.1 Å². The Hall–Kier alpha value is -3.09. The van der Waals surface area contributed by atoms with Crippen LogP contribution in [0.25, 0.3) is 0 Å². The molecule has 1 aromatic carbocycles. The lowest BCUT2D eigenvalue weighted by Crippen LogP contribution is -2.20. The second-order valence-corrected chi connectivity index (χ2v) is 7.45. The zero-order chi connectivity index (χ0) is 19.8. The number of aromatic amines is 1. The third-order valence-corrected chi connectivity index (χ3v) is 5.20. The second-order valence-electron chi connectivity index (χ2n) is 7.45. The molecule has 2 N–H and O–H groups in total. The number of fused-ring (bicyclic) bond motifs is 2. The molecule has 1 aliphatic heterocycles. The minimum absolute atomic E-state index is 0.126. The topological polar surface area (TPSA) is 84.8 Å². The Balaban J connectivity index is 1.59. The van der Waals surface area contributed by atoms with E-state index in [9.17, 15) is 4.79 Å². The van der Waals surface area contributed by atoms with Crippen LogP contribution in [0.15, 0.2) is 29.1 Å². The third kappa shape index (κ3) is 3.28. The first-order valence-electron chi connectivity index (χ1n) is 9.55. The van der Waals surface area contributed by atoms with Gasteiger partial charge in [-0.1, -0.05) is 18.2 Å². The first-order valence-corrected chi connectivity index (χ1v) is 9.55. The maximum atomic E-state index is 12.7. The summed E-state index contributed by atoms with van der Waals surface area (Å²) in [6.45, 7) is 9.12. The molecule has 0 spiro atoms. The van der Waals surface area contributed by atoms with Crippen LogP contribution in [-0.2, 0) is 19.6 Å². The standard InChI is InChI=1S/C21H25N5O2/c1-12(2)26-14(4)17(13(3)25-26)10-22-21-23-18-11-28-19-8-6-5-7-15(19)9-16(18)20(27)24-21/h5-8,12H,9-11H2,1-4H3,(H2,22,23,24,27). The average molecular weight is 379 g/mol. The molecule has 1 aliphatic rings. The van der Waals surface area contributed by atoms with Crippen LogP contribution < -0.4 is 15.6 Å². The third-order valence-electron chi connectivity index (χ3n) is 5.20. The first kappa shape index (κ1) is 18.3. The smallest absolute Gasteiger partial charge is 0.256 e. The molecular weight excluding hydrogens is 354 g/mol. The molecule has 0 radical (unpaired) electrons. The van der Waals surface area contributed by atoms with Gasteiger partial charge in [-0.2, -0.15) is 5.10 Å². The van der Waals surface area contributed by atoms with Crippen molar-refractivity contribution in [2.45, 2.75) is 53.3 Å². The van der Waals surface area contributed by atoms with E-state index in [4.69, 9.17) is 4.74 Å². The summed E-state index contributed by atoms with van der Waals surface area (Å²) in [6, 6.07) is 8.09. The molecule has 0 saturated carbocycles. The minimum atomic E-state index is -0.126. The average Bonchev–Trinajstić information content (AvgIpc) is 2.84. The van der Waals surface area contributed by atoms with Gasteiger partial charge in [-0.05, 0) is 39.3 Å². The molecule has 0 fully saturated rings. The van der Waals surface area contributed by atoms with Crippen molar-refractivity contribution in [3.8, 4) is 5.75 Å². The number of hydrogen-bond donors (Lipinski definition) is 2. The van der Waals surface area contributed by atoms with Crippen molar-refractivity contribution in [1.82, 2.24) is 19.7 Å². The molecule has 7 nitrogen and oxygen atoms in total. The number of nitrogens with one attached hydrogen (secondary N) is 2. The molecule has 2 aromatic heterocycles. The fourth-order valence-electron chi connectivity index (χ4n) is 3.68. The van der Waals surface area contributed by atoms with Gasteiger partial charge in [-0.15, -0.1) is 0 Å². The van der Waals surface area contributed by atoms with Crippen molar-refractivity contribution < 1.29 is 4.74 Å². The maximum absolute atomic E-state index is 12.7. The Morgan fingerprint density at radius 1 is 1.29 bits per heavy atom. The van der Waals surface area contributed by atoms with E-state index in [1.165, 1.54) is 0 Å². The van der Waals surface area contributed by atoms with Crippen molar-refractivity contribution in [3.63, 3.8) is 0 Å². The summed E-state index contributed by atoms with van der Waals surface area (Å²) in [5, 5.41) is 7.86. The number of benzene rings is 1. The van der Waals surface area contributed by atoms with Crippen molar-refractivity contribution in [1.29, 1.82) is 0 Å². The number of para-hydroxylation sites is 1.